The van der Waals surface area contributed by atoms with Crippen molar-refractivity contribution in [3.63, 3.8) is 0 Å². The highest BCUT2D eigenvalue weighted by atomic mass is 16.2. The van der Waals surface area contributed by atoms with Gasteiger partial charge < -0.3 is 9.88 Å². The van der Waals surface area contributed by atoms with Crippen LogP contribution in [0.5, 0.6) is 0 Å². The number of rotatable bonds is 3. The third-order valence-electron chi connectivity index (χ3n) is 2.74. The number of hydrogen-bond acceptors (Lipinski definition) is 3. The van der Waals surface area contributed by atoms with Crippen molar-refractivity contribution in [1.29, 1.82) is 5.26 Å². The van der Waals surface area contributed by atoms with Gasteiger partial charge in [-0.1, -0.05) is 6.07 Å². The molecule has 0 saturated heterocycles. The van der Waals surface area contributed by atoms with Crippen LogP contribution in [0.4, 0.5) is 0 Å². The highest BCUT2D eigenvalue weighted by molar-refractivity contribution is 5.78. The van der Waals surface area contributed by atoms with E-state index in [2.05, 4.69) is 9.97 Å². The number of benzene rings is 1. The van der Waals surface area contributed by atoms with Crippen molar-refractivity contribution in [1.82, 2.24) is 14.9 Å². The summed E-state index contributed by atoms with van der Waals surface area (Å²) in [6.07, 6.45) is -0.0814. The molecule has 5 nitrogen and oxygen atoms in total. The smallest absolute Gasteiger partial charge is 0.236 e. The maximum Gasteiger partial charge on any atom is 0.236 e. The van der Waals surface area contributed by atoms with Gasteiger partial charge in [0.25, 0.3) is 0 Å². The number of fused-ring (bicyclic) bond motifs is 1. The van der Waals surface area contributed by atoms with Gasteiger partial charge in [-0.25, -0.2) is 4.98 Å². The maximum atomic E-state index is 11.5. The molecule has 0 saturated carbocycles. The van der Waals surface area contributed by atoms with Crippen LogP contribution in [0.25, 0.3) is 11.0 Å². The van der Waals surface area contributed by atoms with Crippen LogP contribution in [0.1, 0.15) is 17.8 Å². The first-order chi connectivity index (χ1) is 8.60. The molecule has 0 radical (unpaired) electrons. The van der Waals surface area contributed by atoms with E-state index in [1.807, 2.05) is 31.2 Å². The number of amides is 1. The summed E-state index contributed by atoms with van der Waals surface area (Å²) in [5.41, 5.74) is 2.90. The number of H-pyrrole nitrogens is 1. The molecule has 92 valence electrons. The number of aryl methyl sites for hydroxylation is 1. The second kappa shape index (κ2) is 4.88. The molecule has 1 amide bonds. The third-order valence-corrected chi connectivity index (χ3v) is 2.74. The first-order valence-electron chi connectivity index (χ1n) is 5.66. The van der Waals surface area contributed by atoms with E-state index >= 15 is 0 Å². The van der Waals surface area contributed by atoms with Gasteiger partial charge in [0.2, 0.25) is 5.91 Å². The van der Waals surface area contributed by atoms with Crippen LogP contribution in [0.15, 0.2) is 18.2 Å². The lowest BCUT2D eigenvalue weighted by Crippen LogP contribution is -2.25. The minimum absolute atomic E-state index is 0.0814. The first kappa shape index (κ1) is 12.1. The van der Waals surface area contributed by atoms with Crippen molar-refractivity contribution >= 4 is 16.9 Å². The lowest BCUT2D eigenvalue weighted by molar-refractivity contribution is -0.129. The Morgan fingerprint density at radius 1 is 1.56 bits per heavy atom. The zero-order valence-electron chi connectivity index (χ0n) is 10.4. The summed E-state index contributed by atoms with van der Waals surface area (Å²) in [7, 11) is 1.70. The van der Waals surface area contributed by atoms with E-state index in [9.17, 15) is 4.79 Å². The molecular weight excluding hydrogens is 228 g/mol. The van der Waals surface area contributed by atoms with Crippen molar-refractivity contribution in [3.8, 4) is 6.07 Å². The molecule has 2 aromatic rings. The topological polar surface area (TPSA) is 72.8 Å². The summed E-state index contributed by atoms with van der Waals surface area (Å²) in [5.74, 6) is 0.703. The molecule has 0 aliphatic carbocycles. The van der Waals surface area contributed by atoms with Gasteiger partial charge in [-0.3, -0.25) is 4.79 Å². The molecule has 0 bridgehead atoms. The molecular formula is C13H14N4O. The molecule has 0 unspecified atom stereocenters. The normalized spacial score (nSPS) is 10.3. The zero-order valence-corrected chi connectivity index (χ0v) is 10.4. The summed E-state index contributed by atoms with van der Waals surface area (Å²) < 4.78 is 0. The Kier molecular flexibility index (Phi) is 3.28. The fourth-order valence-electron chi connectivity index (χ4n) is 1.85. The van der Waals surface area contributed by atoms with Crippen molar-refractivity contribution in [2.45, 2.75) is 19.9 Å². The molecule has 0 spiro atoms. The van der Waals surface area contributed by atoms with E-state index in [0.717, 1.165) is 22.4 Å². The molecule has 18 heavy (non-hydrogen) atoms. The fraction of sp³-hybridized carbons (Fsp3) is 0.308. The minimum atomic E-state index is -0.168. The second-order valence-electron chi connectivity index (χ2n) is 4.26. The predicted octanol–water partition coefficient (Wildman–Crippen LogP) is 1.74. The zero-order chi connectivity index (χ0) is 13.1. The molecule has 1 aromatic heterocycles. The lowest BCUT2D eigenvalue weighted by Gasteiger charge is -2.15. The number of nitrogens with zero attached hydrogens (tertiary/aromatic N) is 3. The van der Waals surface area contributed by atoms with Crippen molar-refractivity contribution in [3.05, 3.63) is 29.6 Å². The average Bonchev–Trinajstić information content (AvgIpc) is 2.68. The van der Waals surface area contributed by atoms with Gasteiger partial charge in [-0.15, -0.1) is 0 Å². The largest absolute Gasteiger partial charge is 0.342 e. The SMILES string of the molecule is Cc1nc2ccc(CN(C)C(=O)CC#N)cc2[nH]1. The van der Waals surface area contributed by atoms with Gasteiger partial charge in [-0.05, 0) is 24.6 Å². The number of carbonyl (C=O) groups excluding carboxylic acids is 1. The number of imidazole rings is 1. The number of carbonyl (C=O) groups is 1. The standard InChI is InChI=1S/C13H14N4O/c1-9-15-11-4-3-10(7-12(11)16-9)8-17(2)13(18)5-6-14/h3-4,7H,5,8H2,1-2H3,(H,15,16). The fourth-order valence-corrected chi connectivity index (χ4v) is 1.85. The summed E-state index contributed by atoms with van der Waals surface area (Å²) in [6, 6.07) is 7.71. The molecule has 1 aromatic carbocycles. The molecule has 0 atom stereocenters. The van der Waals surface area contributed by atoms with Crippen LogP contribution in [-0.4, -0.2) is 27.8 Å². The Labute approximate surface area is 105 Å². The summed E-state index contributed by atoms with van der Waals surface area (Å²) in [5, 5.41) is 8.48. The summed E-state index contributed by atoms with van der Waals surface area (Å²) >= 11 is 0. The summed E-state index contributed by atoms with van der Waals surface area (Å²) in [6.45, 7) is 2.40. The van der Waals surface area contributed by atoms with E-state index in [-0.39, 0.29) is 12.3 Å². The van der Waals surface area contributed by atoms with Crippen LogP contribution in [0.2, 0.25) is 0 Å². The minimum Gasteiger partial charge on any atom is -0.342 e. The predicted molar refractivity (Wildman–Crippen MR) is 67.5 cm³/mol. The van der Waals surface area contributed by atoms with Crippen molar-refractivity contribution in [2.75, 3.05) is 7.05 Å². The molecule has 2 rings (SSSR count). The molecule has 0 fully saturated rings. The molecule has 1 N–H and O–H groups in total. The quantitative estimate of drug-likeness (QED) is 0.891. The Hall–Kier alpha value is -2.35. The van der Waals surface area contributed by atoms with Gasteiger partial charge in [-0.2, -0.15) is 5.26 Å². The first-order valence-corrected chi connectivity index (χ1v) is 5.66. The van der Waals surface area contributed by atoms with Gasteiger partial charge >= 0.3 is 0 Å². The Morgan fingerprint density at radius 2 is 2.33 bits per heavy atom. The lowest BCUT2D eigenvalue weighted by atomic mass is 10.2. The number of nitrogens with one attached hydrogen (secondary N) is 1. The van der Waals surface area contributed by atoms with E-state index in [0.29, 0.717) is 6.54 Å². The van der Waals surface area contributed by atoms with Crippen molar-refractivity contribution < 1.29 is 4.79 Å². The number of aromatic amines is 1. The molecule has 1 heterocycles. The van der Waals surface area contributed by atoms with Crippen LogP contribution >= 0.6 is 0 Å². The molecule has 0 aliphatic rings. The average molecular weight is 242 g/mol. The van der Waals surface area contributed by atoms with E-state index in [4.69, 9.17) is 5.26 Å². The second-order valence-corrected chi connectivity index (χ2v) is 4.26. The summed E-state index contributed by atoms with van der Waals surface area (Å²) in [4.78, 5) is 20.5. The van der Waals surface area contributed by atoms with Crippen molar-refractivity contribution in [2.24, 2.45) is 0 Å². The Morgan fingerprint density at radius 3 is 3.06 bits per heavy atom. The number of hydrogen-bond donors (Lipinski definition) is 1. The Balaban J connectivity index is 2.16. The van der Waals surface area contributed by atoms with Gasteiger partial charge in [0, 0.05) is 13.6 Å². The van der Waals surface area contributed by atoms with Gasteiger partial charge in [0.1, 0.15) is 12.2 Å². The number of aromatic nitrogens is 2. The highest BCUT2D eigenvalue weighted by Crippen LogP contribution is 2.14. The molecule has 5 heteroatoms. The van der Waals surface area contributed by atoms with Crippen LogP contribution in [-0.2, 0) is 11.3 Å². The van der Waals surface area contributed by atoms with Crippen LogP contribution in [0, 0.1) is 18.3 Å². The van der Waals surface area contributed by atoms with E-state index in [1.54, 1.807) is 11.9 Å². The maximum absolute atomic E-state index is 11.5. The van der Waals surface area contributed by atoms with Crippen LogP contribution < -0.4 is 0 Å². The van der Waals surface area contributed by atoms with Gasteiger partial charge in [0.15, 0.2) is 0 Å². The number of nitriles is 1. The van der Waals surface area contributed by atoms with E-state index in [1.165, 1.54) is 0 Å². The third kappa shape index (κ3) is 2.48. The monoisotopic (exact) mass is 242 g/mol. The van der Waals surface area contributed by atoms with Gasteiger partial charge in [0.05, 0.1) is 17.1 Å². The van der Waals surface area contributed by atoms with E-state index < -0.39 is 0 Å². The van der Waals surface area contributed by atoms with Crippen LogP contribution in [0.3, 0.4) is 0 Å². The highest BCUT2D eigenvalue weighted by Gasteiger charge is 2.09. The Bertz CT molecular complexity index is 623. The molecule has 0 aliphatic heterocycles.